The molecule has 5 heteroatoms. The molecule has 0 bridgehead atoms. The quantitative estimate of drug-likeness (QED) is 0.770. The van der Waals surface area contributed by atoms with Crippen LogP contribution >= 0.6 is 0 Å². The van der Waals surface area contributed by atoms with E-state index in [0.29, 0.717) is 19.4 Å². The molecule has 1 amide bonds. The second-order valence-electron chi connectivity index (χ2n) is 4.45. The van der Waals surface area contributed by atoms with Gasteiger partial charge in [-0.15, -0.1) is 0 Å². The Hall–Kier alpha value is -2.04. The first-order chi connectivity index (χ1) is 9.15. The van der Waals surface area contributed by atoms with Gasteiger partial charge >= 0.3 is 5.97 Å². The Morgan fingerprint density at radius 3 is 2.89 bits per heavy atom. The predicted octanol–water partition coefficient (Wildman–Crippen LogP) is 1.36. The largest absolute Gasteiger partial charge is 0.497 e. The first kappa shape index (κ1) is 13.4. The average Bonchev–Trinajstić information content (AvgIpc) is 2.80. The highest BCUT2D eigenvalue weighted by Crippen LogP contribution is 2.23. The lowest BCUT2D eigenvalue weighted by molar-refractivity contribution is -0.149. The molecular formula is C14H17NO4. The average molecular weight is 263 g/mol. The van der Waals surface area contributed by atoms with Crippen LogP contribution in [0.2, 0.25) is 0 Å². The van der Waals surface area contributed by atoms with Crippen LogP contribution in [0.15, 0.2) is 24.3 Å². The summed E-state index contributed by atoms with van der Waals surface area (Å²) < 4.78 is 9.88. The molecule has 0 saturated carbocycles. The summed E-state index contributed by atoms with van der Waals surface area (Å²) in [6, 6.07) is 7.00. The van der Waals surface area contributed by atoms with Crippen molar-refractivity contribution >= 4 is 11.9 Å². The topological polar surface area (TPSA) is 55.8 Å². The zero-order chi connectivity index (χ0) is 13.8. The lowest BCUT2D eigenvalue weighted by Crippen LogP contribution is -2.38. The number of carbonyl (C=O) groups excluding carboxylic acids is 2. The molecule has 1 fully saturated rings. The van der Waals surface area contributed by atoms with E-state index in [-0.39, 0.29) is 11.9 Å². The van der Waals surface area contributed by atoms with Crippen molar-refractivity contribution in [2.24, 2.45) is 0 Å². The van der Waals surface area contributed by atoms with Gasteiger partial charge in [-0.25, -0.2) is 4.79 Å². The van der Waals surface area contributed by atoms with Crippen molar-refractivity contribution in [3.8, 4) is 5.75 Å². The number of hydrogen-bond donors (Lipinski definition) is 0. The molecule has 102 valence electrons. The highest BCUT2D eigenvalue weighted by atomic mass is 16.5. The number of likely N-dealkylation sites (tertiary alicyclic amines) is 1. The third-order valence-electron chi connectivity index (χ3n) is 3.29. The molecule has 0 spiro atoms. The monoisotopic (exact) mass is 263 g/mol. The molecular weight excluding hydrogens is 246 g/mol. The summed E-state index contributed by atoms with van der Waals surface area (Å²) in [4.78, 5) is 25.1. The summed E-state index contributed by atoms with van der Waals surface area (Å²) in [5, 5.41) is 0. The molecule has 5 nitrogen and oxygen atoms in total. The Balaban J connectivity index is 2.15. The van der Waals surface area contributed by atoms with Crippen LogP contribution in [-0.2, 0) is 20.9 Å². The molecule has 1 atom stereocenters. The van der Waals surface area contributed by atoms with E-state index in [2.05, 4.69) is 0 Å². The number of ether oxygens (including phenoxy) is 2. The van der Waals surface area contributed by atoms with Crippen LogP contribution in [0.1, 0.15) is 18.4 Å². The lowest BCUT2D eigenvalue weighted by atomic mass is 10.1. The first-order valence-corrected chi connectivity index (χ1v) is 6.16. The van der Waals surface area contributed by atoms with Crippen LogP contribution in [0.5, 0.6) is 5.75 Å². The van der Waals surface area contributed by atoms with E-state index >= 15 is 0 Å². The molecule has 1 saturated heterocycles. The number of hydrogen-bond acceptors (Lipinski definition) is 4. The van der Waals surface area contributed by atoms with Crippen molar-refractivity contribution in [2.75, 3.05) is 14.2 Å². The maximum atomic E-state index is 11.9. The summed E-state index contributed by atoms with van der Waals surface area (Å²) in [5.74, 6) is 0.366. The van der Waals surface area contributed by atoms with Gasteiger partial charge in [0.05, 0.1) is 14.2 Å². The number of amides is 1. The number of rotatable bonds is 4. The van der Waals surface area contributed by atoms with E-state index < -0.39 is 6.04 Å². The molecule has 2 rings (SSSR count). The van der Waals surface area contributed by atoms with Gasteiger partial charge < -0.3 is 14.4 Å². The minimum Gasteiger partial charge on any atom is -0.497 e. The van der Waals surface area contributed by atoms with Gasteiger partial charge in [0.15, 0.2) is 0 Å². The van der Waals surface area contributed by atoms with E-state index in [1.165, 1.54) is 7.11 Å². The minimum absolute atomic E-state index is 0.0155. The molecule has 0 N–H and O–H groups in total. The van der Waals surface area contributed by atoms with Gasteiger partial charge in [0.1, 0.15) is 11.8 Å². The van der Waals surface area contributed by atoms with Crippen molar-refractivity contribution in [3.63, 3.8) is 0 Å². The van der Waals surface area contributed by atoms with E-state index in [0.717, 1.165) is 11.3 Å². The van der Waals surface area contributed by atoms with Gasteiger partial charge in [0.2, 0.25) is 5.91 Å². The third kappa shape index (κ3) is 2.86. The van der Waals surface area contributed by atoms with Gasteiger partial charge in [0, 0.05) is 13.0 Å². The van der Waals surface area contributed by atoms with Crippen molar-refractivity contribution in [1.29, 1.82) is 0 Å². The van der Waals surface area contributed by atoms with Crippen LogP contribution in [0.4, 0.5) is 0 Å². The van der Waals surface area contributed by atoms with Gasteiger partial charge in [-0.05, 0) is 24.1 Å². The van der Waals surface area contributed by atoms with Crippen LogP contribution < -0.4 is 4.74 Å². The van der Waals surface area contributed by atoms with Crippen LogP contribution in [0.3, 0.4) is 0 Å². The molecule has 1 aliphatic rings. The molecule has 1 aliphatic heterocycles. The third-order valence-corrected chi connectivity index (χ3v) is 3.29. The van der Waals surface area contributed by atoms with Gasteiger partial charge in [0.25, 0.3) is 0 Å². The Bertz CT molecular complexity index is 486. The predicted molar refractivity (Wildman–Crippen MR) is 68.6 cm³/mol. The van der Waals surface area contributed by atoms with Crippen LogP contribution in [-0.4, -0.2) is 37.0 Å². The van der Waals surface area contributed by atoms with E-state index in [1.807, 2.05) is 24.3 Å². The summed E-state index contributed by atoms with van der Waals surface area (Å²) in [6.45, 7) is 0.399. The highest BCUT2D eigenvalue weighted by molar-refractivity contribution is 5.88. The minimum atomic E-state index is -0.469. The van der Waals surface area contributed by atoms with E-state index in [1.54, 1.807) is 12.0 Å². The number of nitrogens with zero attached hydrogens (tertiary/aromatic N) is 1. The Kier molecular flexibility index (Phi) is 4.04. The smallest absolute Gasteiger partial charge is 0.328 e. The molecule has 19 heavy (non-hydrogen) atoms. The second-order valence-corrected chi connectivity index (χ2v) is 4.45. The molecule has 0 aromatic heterocycles. The summed E-state index contributed by atoms with van der Waals surface area (Å²) >= 11 is 0. The van der Waals surface area contributed by atoms with Crippen molar-refractivity contribution in [1.82, 2.24) is 4.90 Å². The molecule has 1 aromatic carbocycles. The Labute approximate surface area is 112 Å². The molecule has 1 unspecified atom stereocenters. The molecule has 1 aromatic rings. The van der Waals surface area contributed by atoms with Crippen molar-refractivity contribution in [2.45, 2.75) is 25.4 Å². The van der Waals surface area contributed by atoms with Crippen LogP contribution in [0.25, 0.3) is 0 Å². The van der Waals surface area contributed by atoms with Crippen molar-refractivity contribution in [3.05, 3.63) is 29.8 Å². The number of carbonyl (C=O) groups is 2. The Morgan fingerprint density at radius 2 is 2.21 bits per heavy atom. The summed E-state index contributed by atoms with van der Waals surface area (Å²) in [7, 11) is 2.94. The zero-order valence-electron chi connectivity index (χ0n) is 11.1. The standard InChI is InChI=1S/C14H17NO4/c1-18-11-5-3-4-10(8-11)9-15-12(14(17)19-2)6-7-13(15)16/h3-5,8,12H,6-7,9H2,1-2H3. The van der Waals surface area contributed by atoms with E-state index in [4.69, 9.17) is 9.47 Å². The maximum Gasteiger partial charge on any atom is 0.328 e. The Morgan fingerprint density at radius 1 is 1.42 bits per heavy atom. The van der Waals surface area contributed by atoms with Gasteiger partial charge in [-0.1, -0.05) is 12.1 Å². The molecule has 0 aliphatic carbocycles. The zero-order valence-corrected chi connectivity index (χ0v) is 11.1. The highest BCUT2D eigenvalue weighted by Gasteiger charge is 2.36. The van der Waals surface area contributed by atoms with Gasteiger partial charge in [-0.2, -0.15) is 0 Å². The summed E-state index contributed by atoms with van der Waals surface area (Å²) in [6.07, 6.45) is 0.916. The van der Waals surface area contributed by atoms with Crippen molar-refractivity contribution < 1.29 is 19.1 Å². The summed E-state index contributed by atoms with van der Waals surface area (Å²) in [5.41, 5.74) is 0.934. The fourth-order valence-electron chi connectivity index (χ4n) is 2.28. The number of esters is 1. The number of methoxy groups -OCH3 is 2. The lowest BCUT2D eigenvalue weighted by Gasteiger charge is -2.23. The first-order valence-electron chi connectivity index (χ1n) is 6.16. The SMILES string of the molecule is COC(=O)C1CCC(=O)N1Cc1cccc(OC)c1. The van der Waals surface area contributed by atoms with Crippen LogP contribution in [0, 0.1) is 0 Å². The fraction of sp³-hybridized carbons (Fsp3) is 0.429. The number of benzene rings is 1. The normalized spacial score (nSPS) is 18.5. The molecule has 0 radical (unpaired) electrons. The molecule has 1 heterocycles. The van der Waals surface area contributed by atoms with Gasteiger partial charge in [-0.3, -0.25) is 4.79 Å². The van der Waals surface area contributed by atoms with E-state index in [9.17, 15) is 9.59 Å². The second kappa shape index (κ2) is 5.73. The fourth-order valence-corrected chi connectivity index (χ4v) is 2.28. The maximum absolute atomic E-state index is 11.9.